The Hall–Kier alpha value is -1.42. The smallest absolute Gasteiger partial charge is 0.255 e. The van der Waals surface area contributed by atoms with E-state index in [0.29, 0.717) is 5.56 Å². The van der Waals surface area contributed by atoms with Crippen LogP contribution in [0.5, 0.6) is 0 Å². The number of rotatable bonds is 2. The van der Waals surface area contributed by atoms with Gasteiger partial charge in [-0.2, -0.15) is 0 Å². The van der Waals surface area contributed by atoms with Gasteiger partial charge in [-0.3, -0.25) is 9.78 Å². The third-order valence-electron chi connectivity index (χ3n) is 3.84. The first kappa shape index (κ1) is 13.0. The average molecular weight is 247 g/mol. The van der Waals surface area contributed by atoms with Crippen LogP contribution in [0, 0.1) is 6.92 Å². The number of carbonyl (C=O) groups excluding carboxylic acids is 1. The number of amides is 1. The fourth-order valence-corrected chi connectivity index (χ4v) is 2.67. The molecule has 0 aliphatic heterocycles. The number of nitrogens with zero attached hydrogens (tertiary/aromatic N) is 2. The number of hydrogen-bond acceptors (Lipinski definition) is 3. The molecule has 2 unspecified atom stereocenters. The van der Waals surface area contributed by atoms with Gasteiger partial charge in [0.1, 0.15) is 0 Å². The third-order valence-corrected chi connectivity index (χ3v) is 3.84. The van der Waals surface area contributed by atoms with E-state index < -0.39 is 0 Å². The van der Waals surface area contributed by atoms with Gasteiger partial charge < -0.3 is 10.6 Å². The Morgan fingerprint density at radius 3 is 2.83 bits per heavy atom. The van der Waals surface area contributed by atoms with Gasteiger partial charge in [0, 0.05) is 31.0 Å². The van der Waals surface area contributed by atoms with Crippen molar-refractivity contribution in [3.05, 3.63) is 29.6 Å². The first-order valence-electron chi connectivity index (χ1n) is 6.55. The van der Waals surface area contributed by atoms with Crippen molar-refractivity contribution in [1.29, 1.82) is 0 Å². The van der Waals surface area contributed by atoms with E-state index in [9.17, 15) is 4.79 Å². The van der Waals surface area contributed by atoms with E-state index in [1.807, 2.05) is 20.0 Å². The number of nitrogens with two attached hydrogens (primary N) is 1. The summed E-state index contributed by atoms with van der Waals surface area (Å²) in [7, 11) is 1.85. The average Bonchev–Trinajstić information content (AvgIpc) is 2.38. The zero-order valence-electron chi connectivity index (χ0n) is 11.1. The Bertz CT molecular complexity index is 433. The number of hydrogen-bond donors (Lipinski definition) is 1. The Balaban J connectivity index is 2.16. The molecule has 0 spiro atoms. The van der Waals surface area contributed by atoms with Crippen LogP contribution in [0.2, 0.25) is 0 Å². The maximum atomic E-state index is 12.4. The molecule has 4 nitrogen and oxygen atoms in total. The molecular formula is C14H21N3O. The van der Waals surface area contributed by atoms with Crippen molar-refractivity contribution in [2.45, 2.75) is 44.7 Å². The molecule has 2 atom stereocenters. The van der Waals surface area contributed by atoms with E-state index in [2.05, 4.69) is 4.98 Å². The molecular weight excluding hydrogens is 226 g/mol. The summed E-state index contributed by atoms with van der Waals surface area (Å²) in [4.78, 5) is 18.4. The van der Waals surface area contributed by atoms with Crippen LogP contribution in [0.25, 0.3) is 0 Å². The highest BCUT2D eigenvalue weighted by Gasteiger charge is 2.29. The van der Waals surface area contributed by atoms with Crippen LogP contribution in [-0.2, 0) is 0 Å². The predicted octanol–water partition coefficient (Wildman–Crippen LogP) is 1.73. The van der Waals surface area contributed by atoms with Crippen LogP contribution < -0.4 is 5.73 Å². The molecule has 1 amide bonds. The molecule has 2 rings (SSSR count). The van der Waals surface area contributed by atoms with E-state index in [1.165, 1.54) is 6.42 Å². The number of aromatic nitrogens is 1. The largest absolute Gasteiger partial charge is 0.337 e. The molecule has 98 valence electrons. The van der Waals surface area contributed by atoms with E-state index in [4.69, 9.17) is 5.73 Å². The monoisotopic (exact) mass is 247 g/mol. The minimum absolute atomic E-state index is 0.0305. The van der Waals surface area contributed by atoms with Crippen LogP contribution in [0.4, 0.5) is 0 Å². The highest BCUT2D eigenvalue weighted by Crippen LogP contribution is 2.22. The van der Waals surface area contributed by atoms with Gasteiger partial charge in [-0.15, -0.1) is 0 Å². The van der Waals surface area contributed by atoms with Gasteiger partial charge in [-0.25, -0.2) is 0 Å². The van der Waals surface area contributed by atoms with E-state index in [1.54, 1.807) is 17.2 Å². The first-order chi connectivity index (χ1) is 8.61. The molecule has 1 aliphatic rings. The molecule has 0 bridgehead atoms. The normalized spacial score (nSPS) is 23.7. The number of pyridine rings is 1. The van der Waals surface area contributed by atoms with Gasteiger partial charge in [0.2, 0.25) is 0 Å². The highest BCUT2D eigenvalue weighted by atomic mass is 16.2. The summed E-state index contributed by atoms with van der Waals surface area (Å²) in [5.41, 5.74) is 7.58. The van der Waals surface area contributed by atoms with Crippen molar-refractivity contribution >= 4 is 5.91 Å². The first-order valence-corrected chi connectivity index (χ1v) is 6.55. The molecule has 1 heterocycles. The Morgan fingerprint density at radius 1 is 1.44 bits per heavy atom. The molecule has 1 saturated carbocycles. The summed E-state index contributed by atoms with van der Waals surface area (Å²) in [6.07, 6.45) is 6.04. The van der Waals surface area contributed by atoms with Crippen molar-refractivity contribution in [1.82, 2.24) is 9.88 Å². The zero-order chi connectivity index (χ0) is 13.1. The fourth-order valence-electron chi connectivity index (χ4n) is 2.67. The molecule has 18 heavy (non-hydrogen) atoms. The maximum absolute atomic E-state index is 12.4. The van der Waals surface area contributed by atoms with Crippen molar-refractivity contribution in [2.24, 2.45) is 5.73 Å². The summed E-state index contributed by atoms with van der Waals surface area (Å²) in [5, 5.41) is 0. The number of likely N-dealkylation sites (N-methyl/N-ethyl adjacent to an activating group) is 1. The van der Waals surface area contributed by atoms with Crippen molar-refractivity contribution in [3.63, 3.8) is 0 Å². The number of aryl methyl sites for hydroxylation is 1. The van der Waals surface area contributed by atoms with E-state index >= 15 is 0 Å². The summed E-state index contributed by atoms with van der Waals surface area (Å²) < 4.78 is 0. The Labute approximate surface area is 108 Å². The van der Waals surface area contributed by atoms with Gasteiger partial charge in [0.05, 0.1) is 5.56 Å². The van der Waals surface area contributed by atoms with Crippen LogP contribution in [0.15, 0.2) is 18.3 Å². The van der Waals surface area contributed by atoms with Gasteiger partial charge in [0.15, 0.2) is 0 Å². The molecule has 4 heteroatoms. The molecule has 0 saturated heterocycles. The summed E-state index contributed by atoms with van der Waals surface area (Å²) in [6, 6.07) is 3.89. The highest BCUT2D eigenvalue weighted by molar-refractivity contribution is 5.95. The maximum Gasteiger partial charge on any atom is 0.255 e. The lowest BCUT2D eigenvalue weighted by molar-refractivity contribution is 0.0671. The van der Waals surface area contributed by atoms with Gasteiger partial charge >= 0.3 is 0 Å². The predicted molar refractivity (Wildman–Crippen MR) is 71.3 cm³/mol. The van der Waals surface area contributed by atoms with Gasteiger partial charge in [0.25, 0.3) is 5.91 Å². The molecule has 2 N–H and O–H groups in total. The van der Waals surface area contributed by atoms with Crippen molar-refractivity contribution in [3.8, 4) is 0 Å². The number of carbonyl (C=O) groups is 1. The Morgan fingerprint density at radius 2 is 2.17 bits per heavy atom. The van der Waals surface area contributed by atoms with E-state index in [-0.39, 0.29) is 18.0 Å². The van der Waals surface area contributed by atoms with Crippen LogP contribution in [-0.4, -0.2) is 34.9 Å². The lowest BCUT2D eigenvalue weighted by Crippen LogP contribution is -2.50. The van der Waals surface area contributed by atoms with Crippen LogP contribution in [0.3, 0.4) is 0 Å². The SMILES string of the molecule is Cc1ncccc1C(=O)N(C)C1CCCCC1N. The summed E-state index contributed by atoms with van der Waals surface area (Å²) >= 11 is 0. The van der Waals surface area contributed by atoms with E-state index in [0.717, 1.165) is 25.0 Å². The molecule has 1 aromatic heterocycles. The molecule has 1 aliphatic carbocycles. The lowest BCUT2D eigenvalue weighted by atomic mass is 9.89. The second-order valence-corrected chi connectivity index (χ2v) is 5.07. The standard InChI is InChI=1S/C14H21N3O/c1-10-11(6-5-9-16-10)14(18)17(2)13-8-4-3-7-12(13)15/h5-6,9,12-13H,3-4,7-8,15H2,1-2H3. The second kappa shape index (κ2) is 5.48. The Kier molecular flexibility index (Phi) is 3.97. The summed E-state index contributed by atoms with van der Waals surface area (Å²) in [5.74, 6) is 0.0305. The topological polar surface area (TPSA) is 59.2 Å². The molecule has 0 radical (unpaired) electrons. The fraction of sp³-hybridized carbons (Fsp3) is 0.571. The third kappa shape index (κ3) is 2.53. The van der Waals surface area contributed by atoms with Crippen molar-refractivity contribution < 1.29 is 4.79 Å². The molecule has 0 aromatic carbocycles. The van der Waals surface area contributed by atoms with Crippen molar-refractivity contribution in [2.75, 3.05) is 7.05 Å². The molecule has 1 aromatic rings. The van der Waals surface area contributed by atoms with Crippen LogP contribution >= 0.6 is 0 Å². The minimum atomic E-state index is 0.0305. The zero-order valence-corrected chi connectivity index (χ0v) is 11.1. The minimum Gasteiger partial charge on any atom is -0.337 e. The lowest BCUT2D eigenvalue weighted by Gasteiger charge is -2.36. The quantitative estimate of drug-likeness (QED) is 0.866. The molecule has 1 fully saturated rings. The summed E-state index contributed by atoms with van der Waals surface area (Å²) in [6.45, 7) is 1.86. The van der Waals surface area contributed by atoms with Gasteiger partial charge in [-0.05, 0) is 31.9 Å². The van der Waals surface area contributed by atoms with Gasteiger partial charge in [-0.1, -0.05) is 12.8 Å². The second-order valence-electron chi connectivity index (χ2n) is 5.07. The van der Waals surface area contributed by atoms with Crippen LogP contribution in [0.1, 0.15) is 41.7 Å².